The van der Waals surface area contributed by atoms with Gasteiger partial charge in [0.15, 0.2) is 0 Å². The molecule has 0 aromatic carbocycles. The molecule has 2 rings (SSSR count). The largest absolute Gasteiger partial charge is 0.317 e. The van der Waals surface area contributed by atoms with Crippen molar-refractivity contribution in [2.45, 2.75) is 51.1 Å². The number of nitrogens with one attached hydrogen (secondary N) is 1. The van der Waals surface area contributed by atoms with Crippen molar-refractivity contribution in [2.75, 3.05) is 32.7 Å². The molecule has 1 N–H and O–H groups in total. The lowest BCUT2D eigenvalue weighted by Gasteiger charge is -2.38. The summed E-state index contributed by atoms with van der Waals surface area (Å²) in [6.07, 6.45) is 5.84. The van der Waals surface area contributed by atoms with Gasteiger partial charge in [0.25, 0.3) is 0 Å². The highest BCUT2D eigenvalue weighted by molar-refractivity contribution is 4.87. The van der Waals surface area contributed by atoms with Gasteiger partial charge in [0.1, 0.15) is 5.67 Å². The fourth-order valence-corrected chi connectivity index (χ4v) is 3.26. The molecule has 0 aromatic heterocycles. The first-order chi connectivity index (χ1) is 8.22. The Morgan fingerprint density at radius 2 is 1.88 bits per heavy atom. The molecule has 2 heterocycles. The van der Waals surface area contributed by atoms with Crippen molar-refractivity contribution in [3.05, 3.63) is 0 Å². The fourth-order valence-electron chi connectivity index (χ4n) is 3.26. The topological polar surface area (TPSA) is 15.3 Å². The van der Waals surface area contributed by atoms with Crippen LogP contribution in [0, 0.1) is 5.92 Å². The minimum Gasteiger partial charge on any atom is -0.317 e. The lowest BCUT2D eigenvalue weighted by Crippen LogP contribution is -2.44. The first-order valence-corrected chi connectivity index (χ1v) is 7.34. The van der Waals surface area contributed by atoms with Gasteiger partial charge < -0.3 is 10.2 Å². The second-order valence-electron chi connectivity index (χ2n) is 5.89. The minimum atomic E-state index is -0.848. The van der Waals surface area contributed by atoms with E-state index in [1.807, 2.05) is 0 Å². The van der Waals surface area contributed by atoms with E-state index < -0.39 is 5.67 Å². The molecular formula is C14H27FN2. The molecule has 0 spiro atoms. The lowest BCUT2D eigenvalue weighted by atomic mass is 9.88. The van der Waals surface area contributed by atoms with Crippen molar-refractivity contribution in [1.29, 1.82) is 0 Å². The maximum Gasteiger partial charge on any atom is 0.113 e. The third-order valence-corrected chi connectivity index (χ3v) is 4.43. The summed E-state index contributed by atoms with van der Waals surface area (Å²) in [4.78, 5) is 2.49. The molecule has 0 amide bonds. The molecule has 0 unspecified atom stereocenters. The smallest absolute Gasteiger partial charge is 0.113 e. The SMILES string of the molecule is CCCC1(F)CCN(CC2CCNCC2)CC1. The Kier molecular flexibility index (Phi) is 4.80. The Labute approximate surface area is 105 Å². The molecular weight excluding hydrogens is 215 g/mol. The molecule has 0 saturated carbocycles. The van der Waals surface area contributed by atoms with Crippen molar-refractivity contribution in [3.8, 4) is 0 Å². The predicted octanol–water partition coefficient (Wildman–Crippen LogP) is 2.59. The molecule has 0 aliphatic carbocycles. The summed E-state index contributed by atoms with van der Waals surface area (Å²) in [6, 6.07) is 0. The Hall–Kier alpha value is -0.150. The van der Waals surface area contributed by atoms with E-state index in [1.165, 1.54) is 32.5 Å². The first-order valence-electron chi connectivity index (χ1n) is 7.34. The zero-order valence-electron chi connectivity index (χ0n) is 11.2. The van der Waals surface area contributed by atoms with Crippen LogP contribution in [0.3, 0.4) is 0 Å². The molecule has 2 saturated heterocycles. The number of likely N-dealkylation sites (tertiary alicyclic amines) is 1. The molecule has 17 heavy (non-hydrogen) atoms. The molecule has 2 aliphatic heterocycles. The highest BCUT2D eigenvalue weighted by Gasteiger charge is 2.33. The minimum absolute atomic E-state index is 0.756. The van der Waals surface area contributed by atoms with E-state index >= 15 is 0 Å². The van der Waals surface area contributed by atoms with Gasteiger partial charge in [-0.15, -0.1) is 0 Å². The highest BCUT2D eigenvalue weighted by Crippen LogP contribution is 2.31. The number of hydrogen-bond donors (Lipinski definition) is 1. The van der Waals surface area contributed by atoms with Crippen LogP contribution in [0.5, 0.6) is 0 Å². The van der Waals surface area contributed by atoms with E-state index in [1.54, 1.807) is 0 Å². The molecule has 0 radical (unpaired) electrons. The van der Waals surface area contributed by atoms with Crippen LogP contribution in [0.4, 0.5) is 4.39 Å². The van der Waals surface area contributed by atoms with Crippen LogP contribution < -0.4 is 5.32 Å². The van der Waals surface area contributed by atoms with Crippen LogP contribution in [0.15, 0.2) is 0 Å². The number of nitrogens with zero attached hydrogens (tertiary/aromatic N) is 1. The van der Waals surface area contributed by atoms with Crippen LogP contribution >= 0.6 is 0 Å². The molecule has 0 bridgehead atoms. The van der Waals surface area contributed by atoms with Gasteiger partial charge in [0.05, 0.1) is 0 Å². The molecule has 0 aromatic rings. The lowest BCUT2D eigenvalue weighted by molar-refractivity contribution is 0.0417. The van der Waals surface area contributed by atoms with Gasteiger partial charge in [-0.2, -0.15) is 0 Å². The Morgan fingerprint density at radius 1 is 1.24 bits per heavy atom. The molecule has 2 nitrogen and oxygen atoms in total. The van der Waals surface area contributed by atoms with Gasteiger partial charge >= 0.3 is 0 Å². The summed E-state index contributed by atoms with van der Waals surface area (Å²) in [5, 5.41) is 3.40. The second kappa shape index (κ2) is 6.14. The summed E-state index contributed by atoms with van der Waals surface area (Å²) < 4.78 is 14.3. The van der Waals surface area contributed by atoms with Gasteiger partial charge in [-0.25, -0.2) is 4.39 Å². The molecule has 3 heteroatoms. The molecule has 100 valence electrons. The van der Waals surface area contributed by atoms with Crippen LogP contribution in [0.1, 0.15) is 45.4 Å². The summed E-state index contributed by atoms with van der Waals surface area (Å²) in [5.74, 6) is 0.842. The first kappa shape index (κ1) is 13.3. The zero-order chi connectivity index (χ0) is 12.1. The summed E-state index contributed by atoms with van der Waals surface area (Å²) in [6.45, 7) is 7.57. The van der Waals surface area contributed by atoms with Crippen LogP contribution in [-0.2, 0) is 0 Å². The Balaban J connectivity index is 1.71. The van der Waals surface area contributed by atoms with E-state index in [0.717, 1.165) is 44.7 Å². The van der Waals surface area contributed by atoms with Crippen LogP contribution in [-0.4, -0.2) is 43.3 Å². The van der Waals surface area contributed by atoms with Crippen LogP contribution in [0.25, 0.3) is 0 Å². The maximum atomic E-state index is 14.3. The predicted molar refractivity (Wildman–Crippen MR) is 70.0 cm³/mol. The summed E-state index contributed by atoms with van der Waals surface area (Å²) in [7, 11) is 0. The van der Waals surface area contributed by atoms with Gasteiger partial charge in [-0.1, -0.05) is 13.3 Å². The molecule has 2 aliphatic rings. The number of alkyl halides is 1. The average molecular weight is 242 g/mol. The Bertz CT molecular complexity index is 218. The van der Waals surface area contributed by atoms with Crippen molar-refractivity contribution >= 4 is 0 Å². The van der Waals surface area contributed by atoms with Crippen molar-refractivity contribution in [3.63, 3.8) is 0 Å². The summed E-state index contributed by atoms with van der Waals surface area (Å²) in [5.41, 5.74) is -0.848. The molecule has 2 fully saturated rings. The number of rotatable bonds is 4. The van der Waals surface area contributed by atoms with Crippen molar-refractivity contribution < 1.29 is 4.39 Å². The quantitative estimate of drug-likeness (QED) is 0.815. The number of hydrogen-bond acceptors (Lipinski definition) is 2. The van der Waals surface area contributed by atoms with E-state index in [-0.39, 0.29) is 0 Å². The van der Waals surface area contributed by atoms with Crippen molar-refractivity contribution in [2.24, 2.45) is 5.92 Å². The van der Waals surface area contributed by atoms with E-state index in [0.29, 0.717) is 0 Å². The third kappa shape index (κ3) is 3.92. The van der Waals surface area contributed by atoms with Crippen LogP contribution in [0.2, 0.25) is 0 Å². The fraction of sp³-hybridized carbons (Fsp3) is 1.00. The van der Waals surface area contributed by atoms with Gasteiger partial charge in [-0.3, -0.25) is 0 Å². The highest BCUT2D eigenvalue weighted by atomic mass is 19.1. The van der Waals surface area contributed by atoms with E-state index in [9.17, 15) is 4.39 Å². The maximum absolute atomic E-state index is 14.3. The second-order valence-corrected chi connectivity index (χ2v) is 5.89. The normalized spacial score (nSPS) is 27.2. The van der Waals surface area contributed by atoms with Gasteiger partial charge in [-0.05, 0) is 51.1 Å². The monoisotopic (exact) mass is 242 g/mol. The number of halogens is 1. The number of piperidine rings is 2. The van der Waals surface area contributed by atoms with E-state index in [2.05, 4.69) is 17.1 Å². The average Bonchev–Trinajstić information content (AvgIpc) is 2.34. The standard InChI is InChI=1S/C14H27FN2/c1-2-5-14(15)6-10-17(11-7-14)12-13-3-8-16-9-4-13/h13,16H,2-12H2,1H3. The van der Waals surface area contributed by atoms with Crippen molar-refractivity contribution in [1.82, 2.24) is 10.2 Å². The third-order valence-electron chi connectivity index (χ3n) is 4.43. The molecule has 0 atom stereocenters. The zero-order valence-corrected chi connectivity index (χ0v) is 11.2. The van der Waals surface area contributed by atoms with E-state index in [4.69, 9.17) is 0 Å². The van der Waals surface area contributed by atoms with Gasteiger partial charge in [0.2, 0.25) is 0 Å². The Morgan fingerprint density at radius 3 is 2.47 bits per heavy atom. The van der Waals surface area contributed by atoms with Gasteiger partial charge in [0, 0.05) is 19.6 Å². The summed E-state index contributed by atoms with van der Waals surface area (Å²) >= 11 is 0.